The summed E-state index contributed by atoms with van der Waals surface area (Å²) < 4.78 is 5.33. The maximum absolute atomic E-state index is 13.0. The van der Waals surface area contributed by atoms with Crippen molar-refractivity contribution in [3.8, 4) is 5.75 Å². The molecule has 1 aromatic heterocycles. The van der Waals surface area contributed by atoms with Crippen molar-refractivity contribution >= 4 is 5.91 Å². The number of amides is 1. The van der Waals surface area contributed by atoms with Gasteiger partial charge in [-0.3, -0.25) is 4.79 Å². The third-order valence-electron chi connectivity index (χ3n) is 5.79. The van der Waals surface area contributed by atoms with Gasteiger partial charge in [0.1, 0.15) is 17.3 Å². The zero-order chi connectivity index (χ0) is 21.5. The van der Waals surface area contributed by atoms with Crippen LogP contribution in [0.4, 0.5) is 0 Å². The highest BCUT2D eigenvalue weighted by atomic mass is 16.5. The van der Waals surface area contributed by atoms with Crippen LogP contribution in [0.25, 0.3) is 0 Å². The van der Waals surface area contributed by atoms with E-state index in [0.29, 0.717) is 24.0 Å². The molecule has 1 aliphatic rings. The number of ether oxygens (including phenoxy) is 1. The second-order valence-corrected chi connectivity index (χ2v) is 8.20. The first-order valence-electron chi connectivity index (χ1n) is 10.9. The monoisotopic (exact) mass is 410 g/mol. The van der Waals surface area contributed by atoms with E-state index in [1.807, 2.05) is 31.7 Å². The van der Waals surface area contributed by atoms with Gasteiger partial charge >= 0.3 is 0 Å². The molecular weight excluding hydrogens is 376 g/mol. The number of nitrogens with zero attached hydrogens (tertiary/aromatic N) is 4. The van der Waals surface area contributed by atoms with Gasteiger partial charge in [-0.05, 0) is 76.3 Å². The molecule has 1 fully saturated rings. The summed E-state index contributed by atoms with van der Waals surface area (Å²) in [5, 5.41) is 0. The molecule has 162 valence electrons. The number of hydrogen-bond donors (Lipinski definition) is 0. The molecule has 0 bridgehead atoms. The number of aromatic nitrogens is 2. The van der Waals surface area contributed by atoms with E-state index in [9.17, 15) is 4.79 Å². The van der Waals surface area contributed by atoms with Gasteiger partial charge in [0.25, 0.3) is 5.91 Å². The highest BCUT2D eigenvalue weighted by Gasteiger charge is 2.25. The van der Waals surface area contributed by atoms with Gasteiger partial charge in [-0.2, -0.15) is 0 Å². The van der Waals surface area contributed by atoms with E-state index in [0.717, 1.165) is 44.0 Å². The Hall–Kier alpha value is -2.47. The first kappa shape index (κ1) is 22.2. The smallest absolute Gasteiger partial charge is 0.272 e. The van der Waals surface area contributed by atoms with Gasteiger partial charge in [-0.15, -0.1) is 0 Å². The molecule has 1 amide bonds. The zero-order valence-electron chi connectivity index (χ0n) is 18.7. The van der Waals surface area contributed by atoms with Crippen molar-refractivity contribution in [3.05, 3.63) is 53.1 Å². The van der Waals surface area contributed by atoms with Crippen LogP contribution in [0.15, 0.2) is 30.3 Å². The van der Waals surface area contributed by atoms with Gasteiger partial charge in [-0.1, -0.05) is 12.1 Å². The molecule has 3 rings (SSSR count). The van der Waals surface area contributed by atoms with Crippen LogP contribution in [-0.2, 0) is 6.42 Å². The summed E-state index contributed by atoms with van der Waals surface area (Å²) in [5.74, 6) is 2.07. The Bertz CT molecular complexity index is 835. The van der Waals surface area contributed by atoms with Crippen molar-refractivity contribution in [2.75, 3.05) is 39.8 Å². The summed E-state index contributed by atoms with van der Waals surface area (Å²) in [5.41, 5.74) is 2.65. The van der Waals surface area contributed by atoms with Crippen LogP contribution in [0.3, 0.4) is 0 Å². The molecule has 0 radical (unpaired) electrons. The lowest BCUT2D eigenvalue weighted by atomic mass is 9.96. The second kappa shape index (κ2) is 10.5. The topological polar surface area (TPSA) is 58.6 Å². The van der Waals surface area contributed by atoms with Crippen molar-refractivity contribution in [2.24, 2.45) is 5.92 Å². The Morgan fingerprint density at radius 3 is 2.83 bits per heavy atom. The highest BCUT2D eigenvalue weighted by molar-refractivity contribution is 5.92. The number of hydrogen-bond acceptors (Lipinski definition) is 5. The summed E-state index contributed by atoms with van der Waals surface area (Å²) in [4.78, 5) is 26.1. The van der Waals surface area contributed by atoms with E-state index >= 15 is 0 Å². The van der Waals surface area contributed by atoms with Crippen molar-refractivity contribution in [2.45, 2.75) is 40.0 Å². The maximum Gasteiger partial charge on any atom is 0.272 e. The second-order valence-electron chi connectivity index (χ2n) is 8.20. The summed E-state index contributed by atoms with van der Waals surface area (Å²) in [6.07, 6.45) is 3.36. The van der Waals surface area contributed by atoms with Crippen molar-refractivity contribution in [1.29, 1.82) is 0 Å². The third kappa shape index (κ3) is 6.02. The minimum absolute atomic E-state index is 0.0135. The number of methoxy groups -OCH3 is 1. The minimum atomic E-state index is 0.0135. The van der Waals surface area contributed by atoms with Crippen molar-refractivity contribution < 1.29 is 9.53 Å². The molecular formula is C24H34N4O2. The lowest BCUT2D eigenvalue weighted by molar-refractivity contribution is 0.0684. The van der Waals surface area contributed by atoms with Crippen LogP contribution in [0.1, 0.15) is 47.3 Å². The molecule has 1 saturated heterocycles. The standard InChI is InChI=1S/C24H34N4O2/c1-5-28(24(29)23-14-18(2)25-19(3)26-23)17-21-9-7-12-27(16-21)13-11-20-8-6-10-22(15-20)30-4/h6,8,10,14-15,21H,5,7,9,11-13,16-17H2,1-4H3. The maximum atomic E-state index is 13.0. The zero-order valence-corrected chi connectivity index (χ0v) is 18.7. The van der Waals surface area contributed by atoms with Crippen LogP contribution in [0.2, 0.25) is 0 Å². The summed E-state index contributed by atoms with van der Waals surface area (Å²) in [6.45, 7) is 10.5. The predicted octanol–water partition coefficient (Wildman–Crippen LogP) is 3.52. The Labute approximate surface area is 180 Å². The quantitative estimate of drug-likeness (QED) is 0.666. The summed E-state index contributed by atoms with van der Waals surface area (Å²) in [6, 6.07) is 10.1. The lowest BCUT2D eigenvalue weighted by Gasteiger charge is -2.35. The van der Waals surface area contributed by atoms with Gasteiger partial charge in [0, 0.05) is 31.9 Å². The molecule has 0 aliphatic carbocycles. The fourth-order valence-corrected chi connectivity index (χ4v) is 4.27. The van der Waals surface area contributed by atoms with Gasteiger partial charge in [0.2, 0.25) is 0 Å². The Morgan fingerprint density at radius 1 is 1.27 bits per heavy atom. The van der Waals surface area contributed by atoms with Crippen LogP contribution >= 0.6 is 0 Å². The molecule has 1 unspecified atom stereocenters. The largest absolute Gasteiger partial charge is 0.497 e. The normalized spacial score (nSPS) is 17.0. The van der Waals surface area contributed by atoms with E-state index in [4.69, 9.17) is 4.74 Å². The van der Waals surface area contributed by atoms with E-state index in [1.54, 1.807) is 13.2 Å². The van der Waals surface area contributed by atoms with E-state index < -0.39 is 0 Å². The first-order valence-corrected chi connectivity index (χ1v) is 10.9. The predicted molar refractivity (Wildman–Crippen MR) is 119 cm³/mol. The molecule has 0 saturated carbocycles. The number of carbonyl (C=O) groups is 1. The molecule has 2 aromatic rings. The van der Waals surface area contributed by atoms with Gasteiger partial charge < -0.3 is 14.5 Å². The Balaban J connectivity index is 1.56. The molecule has 0 N–H and O–H groups in total. The molecule has 6 heteroatoms. The van der Waals surface area contributed by atoms with Crippen LogP contribution in [-0.4, -0.2) is 65.5 Å². The summed E-state index contributed by atoms with van der Waals surface area (Å²) >= 11 is 0. The third-order valence-corrected chi connectivity index (χ3v) is 5.79. The number of carbonyl (C=O) groups excluding carboxylic acids is 1. The Morgan fingerprint density at radius 2 is 2.10 bits per heavy atom. The molecule has 1 aliphatic heterocycles. The molecule has 6 nitrogen and oxygen atoms in total. The first-order chi connectivity index (χ1) is 14.5. The van der Waals surface area contributed by atoms with Gasteiger partial charge in [-0.25, -0.2) is 9.97 Å². The van der Waals surface area contributed by atoms with Gasteiger partial charge in [0.15, 0.2) is 0 Å². The molecule has 0 spiro atoms. The van der Waals surface area contributed by atoms with E-state index in [2.05, 4.69) is 33.1 Å². The average Bonchev–Trinajstić information content (AvgIpc) is 2.75. The summed E-state index contributed by atoms with van der Waals surface area (Å²) in [7, 11) is 1.71. The number of piperidine rings is 1. The van der Waals surface area contributed by atoms with Gasteiger partial charge in [0.05, 0.1) is 7.11 Å². The van der Waals surface area contributed by atoms with Crippen LogP contribution in [0, 0.1) is 19.8 Å². The van der Waals surface area contributed by atoms with Crippen molar-refractivity contribution in [3.63, 3.8) is 0 Å². The minimum Gasteiger partial charge on any atom is -0.497 e. The molecule has 1 aromatic carbocycles. The molecule has 2 heterocycles. The number of rotatable bonds is 8. The number of likely N-dealkylation sites (tertiary alicyclic amines) is 1. The fourth-order valence-electron chi connectivity index (χ4n) is 4.27. The lowest BCUT2D eigenvalue weighted by Crippen LogP contribution is -2.43. The SMILES string of the molecule is CCN(CC1CCCN(CCc2cccc(OC)c2)C1)C(=O)c1cc(C)nc(C)n1. The molecule has 1 atom stereocenters. The fraction of sp³-hybridized carbons (Fsp3) is 0.542. The average molecular weight is 411 g/mol. The van der Waals surface area contributed by atoms with Crippen LogP contribution in [0.5, 0.6) is 5.75 Å². The number of benzene rings is 1. The van der Waals surface area contributed by atoms with Crippen LogP contribution < -0.4 is 4.74 Å². The van der Waals surface area contributed by atoms with Crippen molar-refractivity contribution in [1.82, 2.24) is 19.8 Å². The van der Waals surface area contributed by atoms with E-state index in [1.165, 1.54) is 18.4 Å². The Kier molecular flexibility index (Phi) is 7.80. The van der Waals surface area contributed by atoms with E-state index in [-0.39, 0.29) is 5.91 Å². The highest BCUT2D eigenvalue weighted by Crippen LogP contribution is 2.20. The molecule has 30 heavy (non-hydrogen) atoms. The number of aryl methyl sites for hydroxylation is 2.